The van der Waals surface area contributed by atoms with Crippen molar-refractivity contribution in [2.45, 2.75) is 19.6 Å². The second-order valence-corrected chi connectivity index (χ2v) is 6.28. The van der Waals surface area contributed by atoms with E-state index in [4.69, 9.17) is 30.5 Å². The number of amides is 1. The molecule has 2 aromatic rings. The van der Waals surface area contributed by atoms with Crippen molar-refractivity contribution in [3.63, 3.8) is 0 Å². The van der Waals surface area contributed by atoms with Gasteiger partial charge in [-0.2, -0.15) is 0 Å². The van der Waals surface area contributed by atoms with Crippen LogP contribution in [0.15, 0.2) is 36.4 Å². The summed E-state index contributed by atoms with van der Waals surface area (Å²) in [5.74, 6) is 0.0119. The number of hydrogen-bond acceptors (Lipinski definition) is 6. The normalized spacial score (nSPS) is 11.3. The van der Waals surface area contributed by atoms with Crippen molar-refractivity contribution in [3.8, 4) is 17.2 Å². The highest BCUT2D eigenvalue weighted by Crippen LogP contribution is 2.38. The molecular formula is C20H22ClNO6. The molecule has 0 spiro atoms. The first-order valence-corrected chi connectivity index (χ1v) is 8.79. The molecule has 2 rings (SSSR count). The molecule has 0 aromatic heterocycles. The second kappa shape index (κ2) is 9.85. The van der Waals surface area contributed by atoms with Crippen LogP contribution in [0.1, 0.15) is 22.8 Å². The molecular weight excluding hydrogens is 386 g/mol. The smallest absolute Gasteiger partial charge is 0.328 e. The molecule has 0 heterocycles. The molecule has 0 radical (unpaired) electrons. The van der Waals surface area contributed by atoms with Crippen LogP contribution in [0.2, 0.25) is 5.02 Å². The van der Waals surface area contributed by atoms with Crippen molar-refractivity contribution in [1.29, 1.82) is 0 Å². The Hall–Kier alpha value is -2.93. The molecule has 0 aliphatic heterocycles. The first-order chi connectivity index (χ1) is 13.4. The van der Waals surface area contributed by atoms with E-state index in [1.54, 1.807) is 31.2 Å². The van der Waals surface area contributed by atoms with E-state index in [0.717, 1.165) is 5.56 Å². The zero-order valence-electron chi connectivity index (χ0n) is 16.1. The Kier molecular flexibility index (Phi) is 7.52. The molecule has 0 aliphatic carbocycles. The van der Waals surface area contributed by atoms with Crippen LogP contribution in [0.3, 0.4) is 0 Å². The van der Waals surface area contributed by atoms with Gasteiger partial charge in [-0.05, 0) is 36.8 Å². The Balaban J connectivity index is 2.02. The van der Waals surface area contributed by atoms with Gasteiger partial charge >= 0.3 is 5.97 Å². The third-order valence-electron chi connectivity index (χ3n) is 3.92. The lowest BCUT2D eigenvalue weighted by Crippen LogP contribution is -2.39. The highest BCUT2D eigenvalue weighted by Gasteiger charge is 2.21. The summed E-state index contributed by atoms with van der Waals surface area (Å²) in [4.78, 5) is 24.7. The van der Waals surface area contributed by atoms with Crippen LogP contribution in [0.5, 0.6) is 17.2 Å². The highest BCUT2D eigenvalue weighted by molar-refractivity contribution is 6.30. The minimum absolute atomic E-state index is 0.0837. The summed E-state index contributed by atoms with van der Waals surface area (Å²) in [5, 5.41) is 3.19. The van der Waals surface area contributed by atoms with Gasteiger partial charge in [0.15, 0.2) is 11.5 Å². The summed E-state index contributed by atoms with van der Waals surface area (Å²) < 4.78 is 20.9. The molecule has 0 saturated heterocycles. The average Bonchev–Trinajstić information content (AvgIpc) is 2.71. The van der Waals surface area contributed by atoms with Crippen molar-refractivity contribution >= 4 is 23.5 Å². The Bertz CT molecular complexity index is 812. The van der Waals surface area contributed by atoms with Gasteiger partial charge in [-0.25, -0.2) is 4.79 Å². The minimum Gasteiger partial charge on any atom is -0.493 e. The van der Waals surface area contributed by atoms with E-state index in [0.29, 0.717) is 22.3 Å². The number of methoxy groups -OCH3 is 3. The van der Waals surface area contributed by atoms with Crippen LogP contribution in [0, 0.1) is 0 Å². The van der Waals surface area contributed by atoms with E-state index in [-0.39, 0.29) is 12.2 Å². The molecule has 1 N–H and O–H groups in total. The molecule has 0 bridgehead atoms. The fourth-order valence-corrected chi connectivity index (χ4v) is 2.54. The maximum absolute atomic E-state index is 12.5. The molecule has 150 valence electrons. The summed E-state index contributed by atoms with van der Waals surface area (Å²) >= 11 is 5.82. The molecule has 0 fully saturated rings. The van der Waals surface area contributed by atoms with E-state index in [1.807, 2.05) is 0 Å². The number of ether oxygens (including phenoxy) is 4. The summed E-state index contributed by atoms with van der Waals surface area (Å²) in [5.41, 5.74) is 1.05. The summed E-state index contributed by atoms with van der Waals surface area (Å²) in [6.07, 6.45) is 0. The summed E-state index contributed by atoms with van der Waals surface area (Å²) in [6.45, 7) is 1.63. The third-order valence-corrected chi connectivity index (χ3v) is 4.17. The Morgan fingerprint density at radius 2 is 1.57 bits per heavy atom. The largest absolute Gasteiger partial charge is 0.493 e. The average molecular weight is 408 g/mol. The van der Waals surface area contributed by atoms with Crippen LogP contribution in [-0.2, 0) is 16.1 Å². The Morgan fingerprint density at radius 3 is 2.07 bits per heavy atom. The van der Waals surface area contributed by atoms with Crippen LogP contribution in [-0.4, -0.2) is 39.2 Å². The zero-order valence-corrected chi connectivity index (χ0v) is 16.8. The van der Waals surface area contributed by atoms with Crippen molar-refractivity contribution in [2.24, 2.45) is 0 Å². The molecule has 28 heavy (non-hydrogen) atoms. The van der Waals surface area contributed by atoms with Gasteiger partial charge in [0.2, 0.25) is 5.75 Å². The van der Waals surface area contributed by atoms with Gasteiger partial charge in [0.1, 0.15) is 12.6 Å². The van der Waals surface area contributed by atoms with Gasteiger partial charge in [0.25, 0.3) is 5.91 Å². The number of carbonyl (C=O) groups is 2. The van der Waals surface area contributed by atoms with E-state index >= 15 is 0 Å². The fraction of sp³-hybridized carbons (Fsp3) is 0.300. The maximum atomic E-state index is 12.5. The minimum atomic E-state index is -0.848. The Labute approximate surface area is 168 Å². The summed E-state index contributed by atoms with van der Waals surface area (Å²) in [6, 6.07) is 9.09. The predicted octanol–water partition coefficient (Wildman–Crippen LogP) is 3.23. The number of halogens is 1. The first kappa shape index (κ1) is 21.4. The first-order valence-electron chi connectivity index (χ1n) is 8.41. The zero-order chi connectivity index (χ0) is 20.7. The van der Waals surface area contributed by atoms with Crippen molar-refractivity contribution in [2.75, 3.05) is 21.3 Å². The molecule has 7 nitrogen and oxygen atoms in total. The second-order valence-electron chi connectivity index (χ2n) is 5.84. The maximum Gasteiger partial charge on any atom is 0.328 e. The molecule has 1 amide bonds. The highest BCUT2D eigenvalue weighted by atomic mass is 35.5. The van der Waals surface area contributed by atoms with Gasteiger partial charge in [-0.1, -0.05) is 23.7 Å². The van der Waals surface area contributed by atoms with Crippen molar-refractivity contribution in [1.82, 2.24) is 5.32 Å². The van der Waals surface area contributed by atoms with Gasteiger partial charge in [-0.3, -0.25) is 4.79 Å². The lowest BCUT2D eigenvalue weighted by Gasteiger charge is -2.16. The van der Waals surface area contributed by atoms with Crippen LogP contribution < -0.4 is 19.5 Å². The van der Waals surface area contributed by atoms with Gasteiger partial charge < -0.3 is 24.3 Å². The van der Waals surface area contributed by atoms with Crippen LogP contribution >= 0.6 is 11.6 Å². The predicted molar refractivity (Wildman–Crippen MR) is 104 cm³/mol. The number of benzene rings is 2. The molecule has 0 saturated carbocycles. The molecule has 0 aliphatic rings. The van der Waals surface area contributed by atoms with E-state index in [1.165, 1.54) is 33.5 Å². The lowest BCUT2D eigenvalue weighted by molar-refractivity contribution is -0.146. The number of rotatable bonds is 8. The fourth-order valence-electron chi connectivity index (χ4n) is 2.41. The van der Waals surface area contributed by atoms with Crippen molar-refractivity contribution in [3.05, 3.63) is 52.5 Å². The van der Waals surface area contributed by atoms with Crippen LogP contribution in [0.4, 0.5) is 0 Å². The van der Waals surface area contributed by atoms with E-state index in [2.05, 4.69) is 5.32 Å². The lowest BCUT2D eigenvalue weighted by atomic mass is 10.1. The van der Waals surface area contributed by atoms with Gasteiger partial charge in [0, 0.05) is 10.6 Å². The number of hydrogen-bond donors (Lipinski definition) is 1. The molecule has 0 unspecified atom stereocenters. The Morgan fingerprint density at radius 1 is 1.00 bits per heavy atom. The topological polar surface area (TPSA) is 83.1 Å². The van der Waals surface area contributed by atoms with Crippen molar-refractivity contribution < 1.29 is 28.5 Å². The van der Waals surface area contributed by atoms with Gasteiger partial charge in [0.05, 0.1) is 21.3 Å². The standard InChI is InChI=1S/C20H22ClNO6/c1-12(20(24)28-11-13-5-7-15(21)8-6-13)22-19(23)14-9-16(25-2)18(27-4)17(10-14)26-3/h5-10,12H,11H2,1-4H3,(H,22,23)/t12-/m0/s1. The summed E-state index contributed by atoms with van der Waals surface area (Å²) in [7, 11) is 4.38. The molecule has 8 heteroatoms. The quantitative estimate of drug-likeness (QED) is 0.676. The molecule has 2 aromatic carbocycles. The van der Waals surface area contributed by atoms with E-state index < -0.39 is 17.9 Å². The number of carbonyl (C=O) groups excluding carboxylic acids is 2. The number of esters is 1. The number of nitrogens with one attached hydrogen (secondary N) is 1. The van der Waals surface area contributed by atoms with E-state index in [9.17, 15) is 9.59 Å². The SMILES string of the molecule is COc1cc(C(=O)N[C@@H](C)C(=O)OCc2ccc(Cl)cc2)cc(OC)c1OC. The monoisotopic (exact) mass is 407 g/mol. The molecule has 1 atom stereocenters. The van der Waals surface area contributed by atoms with Crippen LogP contribution in [0.25, 0.3) is 0 Å². The third kappa shape index (κ3) is 5.29. The van der Waals surface area contributed by atoms with Gasteiger partial charge in [-0.15, -0.1) is 0 Å².